The van der Waals surface area contributed by atoms with Gasteiger partial charge in [-0.1, -0.05) is 18.2 Å². The first-order valence-corrected chi connectivity index (χ1v) is 12.4. The summed E-state index contributed by atoms with van der Waals surface area (Å²) in [5.41, 5.74) is 1.51. The zero-order valence-electron chi connectivity index (χ0n) is 21.2. The molecule has 0 bridgehead atoms. The number of alkyl halides is 3. The van der Waals surface area contributed by atoms with E-state index in [0.717, 1.165) is 24.6 Å². The molecule has 0 spiro atoms. The number of nitrogens with zero attached hydrogens (tertiary/aromatic N) is 4. The van der Waals surface area contributed by atoms with Gasteiger partial charge in [-0.2, -0.15) is 13.2 Å². The van der Waals surface area contributed by atoms with Gasteiger partial charge in [-0.05, 0) is 55.0 Å². The van der Waals surface area contributed by atoms with Gasteiger partial charge in [0.15, 0.2) is 0 Å². The molecule has 1 aliphatic heterocycles. The summed E-state index contributed by atoms with van der Waals surface area (Å²) < 4.78 is 45.8. The van der Waals surface area contributed by atoms with Crippen molar-refractivity contribution in [3.8, 4) is 0 Å². The molecule has 39 heavy (non-hydrogen) atoms. The van der Waals surface area contributed by atoms with E-state index in [0.29, 0.717) is 30.0 Å². The largest absolute Gasteiger partial charge is 0.469 e. The summed E-state index contributed by atoms with van der Waals surface area (Å²) in [5, 5.41) is 12.2. The van der Waals surface area contributed by atoms with Gasteiger partial charge in [0.25, 0.3) is 0 Å². The minimum atomic E-state index is -4.64. The number of anilines is 2. The maximum Gasteiger partial charge on any atom is 0.419 e. The third kappa shape index (κ3) is 7.21. The number of amides is 1. The van der Waals surface area contributed by atoms with Crippen molar-refractivity contribution in [2.24, 2.45) is 0 Å². The minimum Gasteiger partial charge on any atom is -0.469 e. The molecule has 206 valence electrons. The van der Waals surface area contributed by atoms with Crippen molar-refractivity contribution >= 4 is 23.7 Å². The molecule has 1 fully saturated rings. The maximum atomic E-state index is 13.7. The number of methoxy groups -OCH3 is 1. The summed E-state index contributed by atoms with van der Waals surface area (Å²) in [6, 6.07) is 10.6. The lowest BCUT2D eigenvalue weighted by molar-refractivity contribution is -0.140. The number of hydrogen-bond donors (Lipinski definition) is 2. The van der Waals surface area contributed by atoms with Crippen LogP contribution in [0.5, 0.6) is 0 Å². The Morgan fingerprint density at radius 3 is 2.56 bits per heavy atom. The first kappa shape index (κ1) is 27.8. The maximum absolute atomic E-state index is 13.7. The second-order valence-corrected chi connectivity index (χ2v) is 9.23. The average Bonchev–Trinajstić information content (AvgIpc) is 2.92. The number of carbonyl (C=O) groups is 2. The second kappa shape index (κ2) is 12.1. The third-order valence-corrected chi connectivity index (χ3v) is 6.65. The number of piperidine rings is 1. The van der Waals surface area contributed by atoms with Crippen LogP contribution in [0.25, 0.3) is 0 Å². The molecule has 2 aromatic heterocycles. The van der Waals surface area contributed by atoms with Gasteiger partial charge in [0.05, 0.1) is 24.8 Å². The summed E-state index contributed by atoms with van der Waals surface area (Å²) >= 11 is 0. The fourth-order valence-corrected chi connectivity index (χ4v) is 4.62. The van der Waals surface area contributed by atoms with E-state index in [4.69, 9.17) is 4.74 Å². The van der Waals surface area contributed by atoms with Crippen molar-refractivity contribution < 1.29 is 32.6 Å². The number of esters is 1. The van der Waals surface area contributed by atoms with Crippen LogP contribution in [-0.4, -0.2) is 57.2 Å². The number of likely N-dealkylation sites (tertiary alicyclic amines) is 1. The predicted octanol–water partition coefficient (Wildman–Crippen LogP) is 4.99. The fraction of sp³-hybridized carbons (Fsp3) is 0.370. The van der Waals surface area contributed by atoms with Crippen LogP contribution in [0.4, 0.5) is 29.6 Å². The monoisotopic (exact) mass is 543 g/mol. The van der Waals surface area contributed by atoms with Crippen molar-refractivity contribution in [3.63, 3.8) is 0 Å². The number of ether oxygens (including phenoxy) is 1. The molecule has 1 saturated heterocycles. The molecular formula is C27H28F3N5O4. The Labute approximate surface area is 223 Å². The first-order chi connectivity index (χ1) is 18.6. The standard InChI is InChI=1S/C27H28F3N5O4/c1-39-24(36)14-18-4-2-12-31-22(18)10-11-23-21(27(28,29)30)15-32-25(34-23)33-20-8-6-17(7-9-20)19-5-3-13-35(16-19)26(37)38/h2,4,6-9,12,15,19H,3,5,10-11,13-14,16H2,1H3,(H,37,38)(H,32,33,34). The van der Waals surface area contributed by atoms with Crippen LogP contribution in [0.3, 0.4) is 0 Å². The molecule has 2 N–H and O–H groups in total. The number of pyridine rings is 1. The molecule has 1 atom stereocenters. The fourth-order valence-electron chi connectivity index (χ4n) is 4.62. The van der Waals surface area contributed by atoms with E-state index in [1.807, 2.05) is 12.1 Å². The van der Waals surface area contributed by atoms with Gasteiger partial charge in [-0.25, -0.2) is 14.8 Å². The Morgan fingerprint density at radius 1 is 1.13 bits per heavy atom. The minimum absolute atomic E-state index is 0.0104. The zero-order chi connectivity index (χ0) is 28.0. The molecule has 12 heteroatoms. The van der Waals surface area contributed by atoms with Crippen LogP contribution < -0.4 is 5.32 Å². The molecule has 4 rings (SSSR count). The van der Waals surface area contributed by atoms with Crippen LogP contribution >= 0.6 is 0 Å². The average molecular weight is 544 g/mol. The van der Waals surface area contributed by atoms with Crippen molar-refractivity contribution in [1.29, 1.82) is 0 Å². The van der Waals surface area contributed by atoms with Gasteiger partial charge in [0, 0.05) is 42.8 Å². The smallest absolute Gasteiger partial charge is 0.419 e. The Bertz CT molecular complexity index is 1320. The third-order valence-electron chi connectivity index (χ3n) is 6.65. The number of carbonyl (C=O) groups excluding carboxylic acids is 1. The molecule has 1 unspecified atom stereocenters. The van der Waals surface area contributed by atoms with Crippen molar-refractivity contribution in [2.75, 3.05) is 25.5 Å². The SMILES string of the molecule is COC(=O)Cc1cccnc1CCc1nc(Nc2ccc(C3CCCN(C(=O)O)C3)cc2)ncc1C(F)(F)F. The van der Waals surface area contributed by atoms with E-state index in [1.54, 1.807) is 24.3 Å². The van der Waals surface area contributed by atoms with Gasteiger partial charge >= 0.3 is 18.2 Å². The molecule has 0 saturated carbocycles. The number of halogens is 3. The molecular weight excluding hydrogens is 515 g/mol. The van der Waals surface area contributed by atoms with E-state index in [1.165, 1.54) is 18.2 Å². The summed E-state index contributed by atoms with van der Waals surface area (Å²) in [6.07, 6.45) is -1.61. The quantitative estimate of drug-likeness (QED) is 0.382. The van der Waals surface area contributed by atoms with Gasteiger partial charge in [0.1, 0.15) is 0 Å². The summed E-state index contributed by atoms with van der Waals surface area (Å²) in [5.74, 6) is -0.382. The zero-order valence-corrected chi connectivity index (χ0v) is 21.2. The molecule has 3 aromatic rings. The van der Waals surface area contributed by atoms with E-state index in [2.05, 4.69) is 20.3 Å². The van der Waals surface area contributed by atoms with Gasteiger partial charge < -0.3 is 20.1 Å². The highest BCUT2D eigenvalue weighted by Crippen LogP contribution is 2.33. The Morgan fingerprint density at radius 2 is 1.87 bits per heavy atom. The van der Waals surface area contributed by atoms with E-state index >= 15 is 0 Å². The van der Waals surface area contributed by atoms with Crippen molar-refractivity contribution in [2.45, 2.75) is 44.2 Å². The number of rotatable bonds is 8. The Hall–Kier alpha value is -4.22. The number of hydrogen-bond acceptors (Lipinski definition) is 7. The molecule has 1 amide bonds. The molecule has 9 nitrogen and oxygen atoms in total. The van der Waals surface area contributed by atoms with Crippen molar-refractivity contribution in [3.05, 3.63) is 76.9 Å². The number of aryl methyl sites for hydroxylation is 2. The van der Waals surface area contributed by atoms with Crippen LogP contribution in [0, 0.1) is 0 Å². The highest BCUT2D eigenvalue weighted by molar-refractivity contribution is 5.72. The molecule has 0 radical (unpaired) electrons. The van der Waals surface area contributed by atoms with Gasteiger partial charge in [0.2, 0.25) is 5.95 Å². The summed E-state index contributed by atoms with van der Waals surface area (Å²) in [6.45, 7) is 0.942. The normalized spacial score (nSPS) is 15.6. The van der Waals surface area contributed by atoms with E-state index in [9.17, 15) is 27.9 Å². The molecule has 3 heterocycles. The van der Waals surface area contributed by atoms with E-state index in [-0.39, 0.29) is 36.8 Å². The Balaban J connectivity index is 1.50. The second-order valence-electron chi connectivity index (χ2n) is 9.23. The van der Waals surface area contributed by atoms with Crippen LogP contribution in [0.2, 0.25) is 0 Å². The molecule has 1 aromatic carbocycles. The van der Waals surface area contributed by atoms with Crippen molar-refractivity contribution in [1.82, 2.24) is 19.9 Å². The lowest BCUT2D eigenvalue weighted by Crippen LogP contribution is -2.38. The number of benzene rings is 1. The lowest BCUT2D eigenvalue weighted by Gasteiger charge is -2.31. The highest BCUT2D eigenvalue weighted by Gasteiger charge is 2.35. The number of nitrogens with one attached hydrogen (secondary N) is 1. The van der Waals surface area contributed by atoms with Crippen LogP contribution in [-0.2, 0) is 35.0 Å². The lowest BCUT2D eigenvalue weighted by atomic mass is 9.91. The number of aromatic nitrogens is 3. The molecule has 0 aliphatic carbocycles. The van der Waals surface area contributed by atoms with Crippen LogP contribution in [0.1, 0.15) is 46.8 Å². The van der Waals surface area contributed by atoms with E-state index < -0.39 is 23.8 Å². The highest BCUT2D eigenvalue weighted by atomic mass is 19.4. The first-order valence-electron chi connectivity index (χ1n) is 12.4. The van der Waals surface area contributed by atoms with Crippen LogP contribution in [0.15, 0.2) is 48.8 Å². The van der Waals surface area contributed by atoms with Gasteiger partial charge in [-0.15, -0.1) is 0 Å². The topological polar surface area (TPSA) is 118 Å². The van der Waals surface area contributed by atoms with Gasteiger partial charge in [-0.3, -0.25) is 9.78 Å². The summed E-state index contributed by atoms with van der Waals surface area (Å²) in [7, 11) is 1.26. The number of carboxylic acid groups (broad SMARTS) is 1. The predicted molar refractivity (Wildman–Crippen MR) is 136 cm³/mol. The Kier molecular flexibility index (Phi) is 8.62. The summed E-state index contributed by atoms with van der Waals surface area (Å²) in [4.78, 5) is 36.7. The molecule has 1 aliphatic rings.